The number of ether oxygens (including phenoxy) is 1. The van der Waals surface area contributed by atoms with Crippen molar-refractivity contribution in [2.45, 2.75) is 17.6 Å². The maximum Gasteiger partial charge on any atom is 0.258 e. The summed E-state index contributed by atoms with van der Waals surface area (Å²) in [4.78, 5) is 7.13. The van der Waals surface area contributed by atoms with Crippen LogP contribution in [-0.4, -0.2) is 44.9 Å². The molecule has 0 N–H and O–H groups in total. The van der Waals surface area contributed by atoms with E-state index in [4.69, 9.17) is 9.26 Å². The third-order valence-corrected chi connectivity index (χ3v) is 7.54. The summed E-state index contributed by atoms with van der Waals surface area (Å²) in [5, 5.41) is 4.13. The first-order valence-electron chi connectivity index (χ1n) is 11.1. The monoisotopic (exact) mass is 475 g/mol. The van der Waals surface area contributed by atoms with Gasteiger partial charge in [0, 0.05) is 29.9 Å². The molecule has 0 saturated carbocycles. The van der Waals surface area contributed by atoms with Gasteiger partial charge in [0.2, 0.25) is 5.82 Å². The van der Waals surface area contributed by atoms with E-state index in [0.29, 0.717) is 27.7 Å². The van der Waals surface area contributed by atoms with Gasteiger partial charge in [0.15, 0.2) is 9.84 Å². The van der Waals surface area contributed by atoms with Gasteiger partial charge in [-0.15, -0.1) is 0 Å². The normalized spacial score (nSPS) is 14.3. The van der Waals surface area contributed by atoms with Crippen molar-refractivity contribution in [2.24, 2.45) is 0 Å². The van der Waals surface area contributed by atoms with E-state index in [0.717, 1.165) is 43.1 Å². The van der Waals surface area contributed by atoms with Crippen molar-refractivity contribution < 1.29 is 17.7 Å². The quantitative estimate of drug-likeness (QED) is 0.405. The number of sulfone groups is 1. The third-order valence-electron chi connectivity index (χ3n) is 5.84. The van der Waals surface area contributed by atoms with E-state index >= 15 is 0 Å². The van der Waals surface area contributed by atoms with Crippen LogP contribution < -0.4 is 4.90 Å². The summed E-state index contributed by atoms with van der Waals surface area (Å²) in [6.45, 7) is 5.16. The smallest absolute Gasteiger partial charge is 0.258 e. The second kappa shape index (κ2) is 9.40. The van der Waals surface area contributed by atoms with Crippen molar-refractivity contribution >= 4 is 15.5 Å². The number of aromatic nitrogens is 2. The molecule has 1 fully saturated rings. The minimum atomic E-state index is -3.46. The minimum Gasteiger partial charge on any atom is -0.378 e. The Labute approximate surface area is 198 Å². The molecule has 0 unspecified atom stereocenters. The summed E-state index contributed by atoms with van der Waals surface area (Å²) < 4.78 is 36.6. The second-order valence-electron chi connectivity index (χ2n) is 8.34. The summed E-state index contributed by atoms with van der Waals surface area (Å²) in [7, 11) is -3.46. The lowest BCUT2D eigenvalue weighted by molar-refractivity contribution is 0.122. The van der Waals surface area contributed by atoms with E-state index in [2.05, 4.69) is 15.0 Å². The van der Waals surface area contributed by atoms with Crippen LogP contribution >= 0.6 is 0 Å². The predicted molar refractivity (Wildman–Crippen MR) is 130 cm³/mol. The summed E-state index contributed by atoms with van der Waals surface area (Å²) >= 11 is 0. The van der Waals surface area contributed by atoms with Crippen LogP contribution in [0.4, 0.5) is 5.69 Å². The molecule has 0 atom stereocenters. The van der Waals surface area contributed by atoms with E-state index in [1.165, 1.54) is 0 Å². The summed E-state index contributed by atoms with van der Waals surface area (Å²) in [5.41, 5.74) is 4.35. The average molecular weight is 476 g/mol. The zero-order valence-electron chi connectivity index (χ0n) is 18.8. The largest absolute Gasteiger partial charge is 0.378 e. The fraction of sp³-hybridized carbons (Fsp3) is 0.231. The number of rotatable bonds is 6. The maximum absolute atomic E-state index is 12.8. The van der Waals surface area contributed by atoms with Crippen molar-refractivity contribution in [3.63, 3.8) is 0 Å². The van der Waals surface area contributed by atoms with Crippen LogP contribution in [0.2, 0.25) is 0 Å². The van der Waals surface area contributed by atoms with E-state index < -0.39 is 9.84 Å². The minimum absolute atomic E-state index is 0.103. The lowest BCUT2D eigenvalue weighted by Crippen LogP contribution is -2.36. The van der Waals surface area contributed by atoms with Crippen molar-refractivity contribution in [3.8, 4) is 22.8 Å². The molecule has 1 aliphatic rings. The first-order valence-corrected chi connectivity index (χ1v) is 12.8. The number of benzene rings is 3. The van der Waals surface area contributed by atoms with Crippen LogP contribution in [0.25, 0.3) is 22.8 Å². The number of hydrogen-bond donors (Lipinski definition) is 0. The first-order chi connectivity index (χ1) is 16.5. The zero-order chi connectivity index (χ0) is 23.5. The Balaban J connectivity index is 1.33. The molecule has 1 aliphatic heterocycles. The van der Waals surface area contributed by atoms with Crippen LogP contribution in [-0.2, 0) is 20.3 Å². The molecule has 0 radical (unpaired) electrons. The molecule has 34 heavy (non-hydrogen) atoms. The van der Waals surface area contributed by atoms with E-state index in [1.807, 2.05) is 37.3 Å². The Morgan fingerprint density at radius 3 is 2.38 bits per heavy atom. The number of nitrogens with zero attached hydrogens (tertiary/aromatic N) is 3. The van der Waals surface area contributed by atoms with Gasteiger partial charge in [-0.05, 0) is 61.0 Å². The molecular formula is C26H25N3O4S. The predicted octanol–water partition coefficient (Wildman–Crippen LogP) is 4.52. The van der Waals surface area contributed by atoms with Gasteiger partial charge in [-0.25, -0.2) is 8.42 Å². The number of aryl methyl sites for hydroxylation is 1. The van der Waals surface area contributed by atoms with E-state index in [-0.39, 0.29) is 5.75 Å². The molecule has 174 valence electrons. The molecule has 7 nitrogen and oxygen atoms in total. The molecule has 0 spiro atoms. The SMILES string of the molecule is Cc1ccc(S(=O)(=O)Cc2cccc(-c3nc(-c4ccc(N5CCOCC5)cc4)no3)c2)cc1. The average Bonchev–Trinajstić information content (AvgIpc) is 3.35. The standard InChI is InChI=1S/C26H25N3O4S/c1-19-5-11-24(12-6-19)34(30,31)18-20-3-2-4-22(17-20)26-27-25(28-33-26)21-7-9-23(10-8-21)29-13-15-32-16-14-29/h2-12,17H,13-16,18H2,1H3. The highest BCUT2D eigenvalue weighted by atomic mass is 32.2. The molecule has 8 heteroatoms. The van der Waals surface area contributed by atoms with Gasteiger partial charge in [-0.1, -0.05) is 35.0 Å². The number of hydrogen-bond acceptors (Lipinski definition) is 7. The molecule has 0 amide bonds. The summed E-state index contributed by atoms with van der Waals surface area (Å²) in [6, 6.07) is 22.1. The molecule has 0 aliphatic carbocycles. The molecule has 0 bridgehead atoms. The first kappa shape index (κ1) is 22.3. The topological polar surface area (TPSA) is 85.5 Å². The van der Waals surface area contributed by atoms with Crippen LogP contribution in [0.15, 0.2) is 82.2 Å². The van der Waals surface area contributed by atoms with E-state index in [1.54, 1.807) is 42.5 Å². The van der Waals surface area contributed by atoms with Crippen molar-refractivity contribution in [1.82, 2.24) is 10.1 Å². The van der Waals surface area contributed by atoms with Gasteiger partial charge in [-0.2, -0.15) is 4.98 Å². The van der Waals surface area contributed by atoms with Gasteiger partial charge in [0.25, 0.3) is 5.89 Å². The highest BCUT2D eigenvalue weighted by molar-refractivity contribution is 7.90. The highest BCUT2D eigenvalue weighted by Gasteiger charge is 2.17. The molecule has 1 aromatic heterocycles. The number of anilines is 1. The Hall–Kier alpha value is -3.49. The summed E-state index contributed by atoms with van der Waals surface area (Å²) in [6.07, 6.45) is 0. The van der Waals surface area contributed by atoms with E-state index in [9.17, 15) is 8.42 Å². The molecule has 1 saturated heterocycles. The van der Waals surface area contributed by atoms with Gasteiger partial charge in [0.1, 0.15) is 0 Å². The molecular weight excluding hydrogens is 450 g/mol. The fourth-order valence-electron chi connectivity index (χ4n) is 3.94. The third kappa shape index (κ3) is 4.88. The van der Waals surface area contributed by atoms with Gasteiger partial charge >= 0.3 is 0 Å². The van der Waals surface area contributed by atoms with Crippen LogP contribution in [0.1, 0.15) is 11.1 Å². The Morgan fingerprint density at radius 1 is 0.912 bits per heavy atom. The molecule has 3 aromatic carbocycles. The van der Waals surface area contributed by atoms with Gasteiger partial charge in [0.05, 0.1) is 23.9 Å². The highest BCUT2D eigenvalue weighted by Crippen LogP contribution is 2.26. The maximum atomic E-state index is 12.8. The lowest BCUT2D eigenvalue weighted by atomic mass is 10.1. The fourth-order valence-corrected chi connectivity index (χ4v) is 5.28. The van der Waals surface area contributed by atoms with Crippen LogP contribution in [0, 0.1) is 6.92 Å². The Bertz CT molecular complexity index is 1370. The van der Waals surface area contributed by atoms with Crippen molar-refractivity contribution in [1.29, 1.82) is 0 Å². The zero-order valence-corrected chi connectivity index (χ0v) is 19.7. The second-order valence-corrected chi connectivity index (χ2v) is 10.3. The van der Waals surface area contributed by atoms with Crippen LogP contribution in [0.5, 0.6) is 0 Å². The van der Waals surface area contributed by atoms with Gasteiger partial charge in [-0.3, -0.25) is 0 Å². The van der Waals surface area contributed by atoms with Crippen LogP contribution in [0.3, 0.4) is 0 Å². The van der Waals surface area contributed by atoms with Gasteiger partial charge < -0.3 is 14.2 Å². The molecule has 2 heterocycles. The van der Waals surface area contributed by atoms with Crippen molar-refractivity contribution in [2.75, 3.05) is 31.2 Å². The Morgan fingerprint density at radius 2 is 1.65 bits per heavy atom. The lowest BCUT2D eigenvalue weighted by Gasteiger charge is -2.28. The summed E-state index contributed by atoms with van der Waals surface area (Å²) in [5.74, 6) is 0.733. The molecule has 5 rings (SSSR count). The number of morpholine rings is 1. The molecule has 4 aromatic rings. The van der Waals surface area contributed by atoms with Crippen molar-refractivity contribution in [3.05, 3.63) is 83.9 Å². The Kier molecular flexibility index (Phi) is 6.17.